The van der Waals surface area contributed by atoms with Crippen molar-refractivity contribution in [3.63, 3.8) is 0 Å². The number of ether oxygens (including phenoxy) is 1. The highest BCUT2D eigenvalue weighted by atomic mass is 32.2. The van der Waals surface area contributed by atoms with Crippen molar-refractivity contribution in [1.82, 2.24) is 0 Å². The molecular weight excluding hydrogens is 218 g/mol. The van der Waals surface area contributed by atoms with Crippen LogP contribution in [0.4, 0.5) is 5.69 Å². The normalized spacial score (nSPS) is 10.0. The van der Waals surface area contributed by atoms with Crippen LogP contribution < -0.4 is 4.74 Å². The molecule has 1 rings (SSSR count). The molecule has 0 aliphatic heterocycles. The minimum atomic E-state index is -0.456. The maximum absolute atomic E-state index is 10.7. The van der Waals surface area contributed by atoms with Crippen LogP contribution in [0.5, 0.6) is 5.75 Å². The molecule has 1 aromatic rings. The van der Waals surface area contributed by atoms with E-state index in [2.05, 4.69) is 0 Å². The third kappa shape index (κ3) is 3.10. The molecule has 0 fully saturated rings. The van der Waals surface area contributed by atoms with Gasteiger partial charge in [-0.15, -0.1) is 11.8 Å². The largest absolute Gasteiger partial charge is 0.497 e. The van der Waals surface area contributed by atoms with Gasteiger partial charge in [-0.1, -0.05) is 0 Å². The van der Waals surface area contributed by atoms with E-state index in [9.17, 15) is 10.1 Å². The summed E-state index contributed by atoms with van der Waals surface area (Å²) in [5.41, 5.74) is 0.00722. The van der Waals surface area contributed by atoms with E-state index in [1.165, 1.54) is 24.9 Å². The Bertz CT molecular complexity index is 356. The Morgan fingerprint density at radius 3 is 2.87 bits per heavy atom. The molecule has 0 unspecified atom stereocenters. The van der Waals surface area contributed by atoms with E-state index in [1.54, 1.807) is 12.1 Å². The monoisotopic (exact) mass is 229 g/mol. The van der Waals surface area contributed by atoms with Crippen LogP contribution in [-0.2, 0) is 0 Å². The molecule has 0 atom stereocenters. The average molecular weight is 229 g/mol. The summed E-state index contributed by atoms with van der Waals surface area (Å²) >= 11 is 1.25. The lowest BCUT2D eigenvalue weighted by molar-refractivity contribution is -0.387. The molecule has 0 heterocycles. The van der Waals surface area contributed by atoms with E-state index in [1.807, 2.05) is 0 Å². The quantitative estimate of drug-likeness (QED) is 0.472. The summed E-state index contributed by atoms with van der Waals surface area (Å²) in [6.07, 6.45) is 0. The molecule has 0 aromatic heterocycles. The predicted octanol–water partition coefficient (Wildman–Crippen LogP) is 1.69. The van der Waals surface area contributed by atoms with Gasteiger partial charge < -0.3 is 9.84 Å². The summed E-state index contributed by atoms with van der Waals surface area (Å²) in [5, 5.41) is 19.4. The van der Waals surface area contributed by atoms with Crippen LogP contribution in [0.25, 0.3) is 0 Å². The topological polar surface area (TPSA) is 72.6 Å². The number of thioether (sulfide) groups is 1. The number of benzene rings is 1. The van der Waals surface area contributed by atoms with E-state index in [0.717, 1.165) is 0 Å². The summed E-state index contributed by atoms with van der Waals surface area (Å²) in [6, 6.07) is 4.66. The van der Waals surface area contributed by atoms with Crippen LogP contribution in [0.1, 0.15) is 0 Å². The maximum atomic E-state index is 10.7. The highest BCUT2D eigenvalue weighted by Gasteiger charge is 2.14. The first-order valence-electron chi connectivity index (χ1n) is 4.25. The second-order valence-electron chi connectivity index (χ2n) is 2.66. The summed E-state index contributed by atoms with van der Waals surface area (Å²) in [4.78, 5) is 10.8. The molecule has 15 heavy (non-hydrogen) atoms. The van der Waals surface area contributed by atoms with Crippen LogP contribution in [0.3, 0.4) is 0 Å². The van der Waals surface area contributed by atoms with E-state index >= 15 is 0 Å². The number of hydrogen-bond donors (Lipinski definition) is 1. The van der Waals surface area contributed by atoms with E-state index in [4.69, 9.17) is 9.84 Å². The Morgan fingerprint density at radius 1 is 1.60 bits per heavy atom. The minimum absolute atomic E-state index is 0.00610. The van der Waals surface area contributed by atoms with Gasteiger partial charge in [-0.05, 0) is 12.1 Å². The summed E-state index contributed by atoms with van der Waals surface area (Å²) < 4.78 is 4.90. The lowest BCUT2D eigenvalue weighted by Gasteiger charge is -2.03. The fourth-order valence-corrected chi connectivity index (χ4v) is 1.80. The predicted molar refractivity (Wildman–Crippen MR) is 57.5 cm³/mol. The highest BCUT2D eigenvalue weighted by molar-refractivity contribution is 7.99. The summed E-state index contributed by atoms with van der Waals surface area (Å²) in [7, 11) is 1.46. The van der Waals surface area contributed by atoms with Crippen molar-refractivity contribution >= 4 is 17.4 Å². The van der Waals surface area contributed by atoms with Crippen molar-refractivity contribution in [2.24, 2.45) is 0 Å². The molecule has 0 saturated heterocycles. The first-order chi connectivity index (χ1) is 7.19. The molecule has 0 spiro atoms. The molecule has 0 radical (unpaired) electrons. The van der Waals surface area contributed by atoms with Crippen molar-refractivity contribution in [2.45, 2.75) is 4.90 Å². The average Bonchev–Trinajstić information content (AvgIpc) is 2.26. The van der Waals surface area contributed by atoms with Gasteiger partial charge in [0.25, 0.3) is 5.69 Å². The lowest BCUT2D eigenvalue weighted by atomic mass is 10.3. The number of rotatable bonds is 5. The second kappa shape index (κ2) is 5.57. The number of hydrogen-bond acceptors (Lipinski definition) is 5. The zero-order valence-electron chi connectivity index (χ0n) is 8.17. The standard InChI is InChI=1S/C9H11NO4S/c1-14-7-2-3-9(15-5-4-11)8(6-7)10(12)13/h2-3,6,11H,4-5H2,1H3. The van der Waals surface area contributed by atoms with Gasteiger partial charge in [0, 0.05) is 5.75 Å². The van der Waals surface area contributed by atoms with Gasteiger partial charge in [0.05, 0.1) is 29.6 Å². The third-order valence-corrected chi connectivity index (χ3v) is 2.75. The van der Waals surface area contributed by atoms with Gasteiger partial charge in [-0.2, -0.15) is 0 Å². The third-order valence-electron chi connectivity index (χ3n) is 1.71. The Kier molecular flexibility index (Phi) is 4.38. The number of nitrogens with zero attached hydrogens (tertiary/aromatic N) is 1. The van der Waals surface area contributed by atoms with Crippen molar-refractivity contribution in [3.05, 3.63) is 28.3 Å². The SMILES string of the molecule is COc1ccc(SCCO)c([N+](=O)[O-])c1. The number of nitro benzene ring substituents is 1. The van der Waals surface area contributed by atoms with Crippen LogP contribution in [-0.4, -0.2) is 29.5 Å². The van der Waals surface area contributed by atoms with Gasteiger partial charge >= 0.3 is 0 Å². The molecular formula is C9H11NO4S. The molecule has 1 N–H and O–H groups in total. The van der Waals surface area contributed by atoms with Crippen molar-refractivity contribution in [2.75, 3.05) is 19.5 Å². The van der Waals surface area contributed by atoms with E-state index < -0.39 is 4.92 Å². The van der Waals surface area contributed by atoms with Gasteiger partial charge in [0.15, 0.2) is 0 Å². The Hall–Kier alpha value is -1.27. The molecule has 0 amide bonds. The smallest absolute Gasteiger partial charge is 0.286 e. The molecule has 0 aliphatic carbocycles. The van der Waals surface area contributed by atoms with E-state index in [-0.39, 0.29) is 12.3 Å². The zero-order chi connectivity index (χ0) is 11.3. The number of aliphatic hydroxyl groups is 1. The number of methoxy groups -OCH3 is 1. The zero-order valence-corrected chi connectivity index (χ0v) is 8.99. The first kappa shape index (κ1) is 11.8. The first-order valence-corrected chi connectivity index (χ1v) is 5.23. The maximum Gasteiger partial charge on any atom is 0.286 e. The van der Waals surface area contributed by atoms with Gasteiger partial charge in [0.2, 0.25) is 0 Å². The molecule has 0 aliphatic rings. The fraction of sp³-hybridized carbons (Fsp3) is 0.333. The Balaban J connectivity index is 2.98. The highest BCUT2D eigenvalue weighted by Crippen LogP contribution is 2.32. The minimum Gasteiger partial charge on any atom is -0.497 e. The molecule has 6 heteroatoms. The van der Waals surface area contributed by atoms with Crippen molar-refractivity contribution < 1.29 is 14.8 Å². The molecule has 0 saturated carbocycles. The van der Waals surface area contributed by atoms with Gasteiger partial charge in [-0.25, -0.2) is 0 Å². The van der Waals surface area contributed by atoms with Crippen molar-refractivity contribution in [1.29, 1.82) is 0 Å². The Labute approximate surface area is 91.2 Å². The molecule has 82 valence electrons. The van der Waals surface area contributed by atoms with Gasteiger partial charge in [-0.3, -0.25) is 10.1 Å². The van der Waals surface area contributed by atoms with Gasteiger partial charge in [0.1, 0.15) is 5.75 Å². The van der Waals surface area contributed by atoms with Crippen molar-refractivity contribution in [3.8, 4) is 5.75 Å². The van der Waals surface area contributed by atoms with E-state index in [0.29, 0.717) is 16.4 Å². The molecule has 1 aromatic carbocycles. The second-order valence-corrected chi connectivity index (χ2v) is 3.80. The van der Waals surface area contributed by atoms with Crippen LogP contribution in [0.2, 0.25) is 0 Å². The summed E-state index contributed by atoms with van der Waals surface area (Å²) in [5.74, 6) is 0.891. The van der Waals surface area contributed by atoms with Crippen LogP contribution in [0.15, 0.2) is 23.1 Å². The lowest BCUT2D eigenvalue weighted by Crippen LogP contribution is -1.94. The van der Waals surface area contributed by atoms with Crippen LogP contribution in [0, 0.1) is 10.1 Å². The fourth-order valence-electron chi connectivity index (χ4n) is 1.04. The van der Waals surface area contributed by atoms with Crippen LogP contribution >= 0.6 is 11.8 Å². The number of aliphatic hydroxyl groups excluding tert-OH is 1. The Morgan fingerprint density at radius 2 is 2.33 bits per heavy atom. The molecule has 5 nitrogen and oxygen atoms in total. The molecule has 0 bridgehead atoms. The summed E-state index contributed by atoms with van der Waals surface area (Å²) in [6.45, 7) is -0.00610. The number of nitro groups is 1.